The average Bonchev–Trinajstić information content (AvgIpc) is 3.26. The Morgan fingerprint density at radius 1 is 1.00 bits per heavy atom. The first-order chi connectivity index (χ1) is 10.3. The molecule has 3 atom stereocenters. The lowest BCUT2D eigenvalue weighted by molar-refractivity contribution is 0.456. The topological polar surface area (TPSA) is 12.0 Å². The highest BCUT2D eigenvalue weighted by Gasteiger charge is 2.54. The van der Waals surface area contributed by atoms with E-state index in [1.54, 1.807) is 11.1 Å². The standard InChI is InChI=1S/C20H31N/c1-4-14-11-12-16(13-15(14)5-2)20(21-6-3)19-17-9-7-8-10-18(17)19/h11-13,17-21H,4-10H2,1-3H3. The van der Waals surface area contributed by atoms with E-state index in [9.17, 15) is 0 Å². The molecule has 116 valence electrons. The normalized spacial score (nSPS) is 29.0. The molecular weight excluding hydrogens is 254 g/mol. The maximum Gasteiger partial charge on any atom is 0.0354 e. The molecule has 0 spiro atoms. The van der Waals surface area contributed by atoms with Crippen molar-refractivity contribution < 1.29 is 0 Å². The van der Waals surface area contributed by atoms with Crippen LogP contribution in [-0.2, 0) is 12.8 Å². The number of aryl methyl sites for hydroxylation is 2. The molecule has 1 N–H and O–H groups in total. The van der Waals surface area contributed by atoms with Crippen LogP contribution in [0.15, 0.2) is 18.2 Å². The second-order valence-corrected chi connectivity index (χ2v) is 6.96. The van der Waals surface area contributed by atoms with Crippen molar-refractivity contribution in [1.82, 2.24) is 5.32 Å². The molecule has 0 saturated heterocycles. The molecule has 3 unspecified atom stereocenters. The summed E-state index contributed by atoms with van der Waals surface area (Å²) < 4.78 is 0. The summed E-state index contributed by atoms with van der Waals surface area (Å²) in [6, 6.07) is 7.87. The quantitative estimate of drug-likeness (QED) is 0.784. The molecule has 2 aliphatic rings. The van der Waals surface area contributed by atoms with Gasteiger partial charge in [-0.3, -0.25) is 0 Å². The van der Waals surface area contributed by atoms with Crippen LogP contribution >= 0.6 is 0 Å². The van der Waals surface area contributed by atoms with Gasteiger partial charge >= 0.3 is 0 Å². The van der Waals surface area contributed by atoms with Gasteiger partial charge in [-0.05, 0) is 66.7 Å². The van der Waals surface area contributed by atoms with Gasteiger partial charge in [-0.2, -0.15) is 0 Å². The third kappa shape index (κ3) is 2.90. The summed E-state index contributed by atoms with van der Waals surface area (Å²) in [4.78, 5) is 0. The minimum absolute atomic E-state index is 0.597. The summed E-state index contributed by atoms with van der Waals surface area (Å²) in [7, 11) is 0. The molecule has 2 aliphatic carbocycles. The molecule has 1 nitrogen and oxygen atoms in total. The van der Waals surface area contributed by atoms with Crippen molar-refractivity contribution in [2.75, 3.05) is 6.54 Å². The number of hydrogen-bond donors (Lipinski definition) is 1. The molecule has 0 aromatic heterocycles. The summed E-state index contributed by atoms with van der Waals surface area (Å²) in [6.07, 6.45) is 8.20. The maximum absolute atomic E-state index is 3.81. The smallest absolute Gasteiger partial charge is 0.0354 e. The average molecular weight is 285 g/mol. The number of benzene rings is 1. The Kier molecular flexibility index (Phi) is 4.69. The molecular formula is C20H31N. The first-order valence-electron chi connectivity index (χ1n) is 9.15. The second-order valence-electron chi connectivity index (χ2n) is 6.96. The van der Waals surface area contributed by atoms with E-state index in [-0.39, 0.29) is 0 Å². The Hall–Kier alpha value is -0.820. The van der Waals surface area contributed by atoms with Gasteiger partial charge in [0, 0.05) is 6.04 Å². The van der Waals surface area contributed by atoms with Crippen LogP contribution in [0.1, 0.15) is 69.2 Å². The minimum Gasteiger partial charge on any atom is -0.310 e. The van der Waals surface area contributed by atoms with Crippen LogP contribution in [0.4, 0.5) is 0 Å². The highest BCUT2D eigenvalue weighted by molar-refractivity contribution is 5.35. The van der Waals surface area contributed by atoms with E-state index >= 15 is 0 Å². The van der Waals surface area contributed by atoms with Crippen LogP contribution in [-0.4, -0.2) is 6.54 Å². The van der Waals surface area contributed by atoms with Crippen LogP contribution in [0, 0.1) is 17.8 Å². The molecule has 21 heavy (non-hydrogen) atoms. The van der Waals surface area contributed by atoms with Crippen molar-refractivity contribution in [3.05, 3.63) is 34.9 Å². The third-order valence-corrected chi connectivity index (χ3v) is 5.88. The van der Waals surface area contributed by atoms with Gasteiger partial charge in [0.15, 0.2) is 0 Å². The van der Waals surface area contributed by atoms with Crippen LogP contribution in [0.2, 0.25) is 0 Å². The highest BCUT2D eigenvalue weighted by atomic mass is 14.9. The van der Waals surface area contributed by atoms with Crippen molar-refractivity contribution in [2.24, 2.45) is 17.8 Å². The third-order valence-electron chi connectivity index (χ3n) is 5.88. The summed E-state index contributed by atoms with van der Waals surface area (Å²) in [5, 5.41) is 3.81. The van der Waals surface area contributed by atoms with Gasteiger partial charge in [-0.15, -0.1) is 0 Å². The van der Waals surface area contributed by atoms with Crippen LogP contribution < -0.4 is 5.32 Å². The van der Waals surface area contributed by atoms with Crippen LogP contribution in [0.25, 0.3) is 0 Å². The van der Waals surface area contributed by atoms with Crippen molar-refractivity contribution in [2.45, 2.75) is 65.3 Å². The summed E-state index contributed by atoms with van der Waals surface area (Å²) >= 11 is 0. The van der Waals surface area contributed by atoms with E-state index in [2.05, 4.69) is 44.3 Å². The zero-order valence-electron chi connectivity index (χ0n) is 14.0. The fourth-order valence-electron chi connectivity index (χ4n) is 4.75. The highest BCUT2D eigenvalue weighted by Crippen LogP contribution is 2.60. The van der Waals surface area contributed by atoms with E-state index in [4.69, 9.17) is 0 Å². The predicted octanol–water partition coefficient (Wildman–Crippen LogP) is 4.90. The SMILES string of the molecule is CCNC(c1ccc(CC)c(CC)c1)C1C2CCCCC21. The molecule has 3 rings (SSSR count). The lowest BCUT2D eigenvalue weighted by Gasteiger charge is -2.21. The van der Waals surface area contributed by atoms with E-state index in [1.807, 2.05) is 0 Å². The lowest BCUT2D eigenvalue weighted by atomic mass is 9.93. The van der Waals surface area contributed by atoms with E-state index < -0.39 is 0 Å². The van der Waals surface area contributed by atoms with Gasteiger partial charge in [0.2, 0.25) is 0 Å². The lowest BCUT2D eigenvalue weighted by Crippen LogP contribution is -2.24. The molecule has 1 aromatic carbocycles. The van der Waals surface area contributed by atoms with Crippen molar-refractivity contribution in [1.29, 1.82) is 0 Å². The first kappa shape index (κ1) is 15.1. The van der Waals surface area contributed by atoms with E-state index in [1.165, 1.54) is 31.2 Å². The van der Waals surface area contributed by atoms with Gasteiger partial charge < -0.3 is 5.32 Å². The van der Waals surface area contributed by atoms with Gasteiger partial charge in [-0.25, -0.2) is 0 Å². The van der Waals surface area contributed by atoms with Crippen molar-refractivity contribution in [3.63, 3.8) is 0 Å². The number of hydrogen-bond acceptors (Lipinski definition) is 1. The Morgan fingerprint density at radius 2 is 1.67 bits per heavy atom. The van der Waals surface area contributed by atoms with Crippen molar-refractivity contribution >= 4 is 0 Å². The van der Waals surface area contributed by atoms with Crippen LogP contribution in [0.5, 0.6) is 0 Å². The molecule has 0 amide bonds. The summed E-state index contributed by atoms with van der Waals surface area (Å²) in [6.45, 7) is 7.89. The Labute approximate surface area is 130 Å². The first-order valence-corrected chi connectivity index (χ1v) is 9.15. The van der Waals surface area contributed by atoms with Gasteiger partial charge in [0.25, 0.3) is 0 Å². The van der Waals surface area contributed by atoms with E-state index in [0.29, 0.717) is 6.04 Å². The zero-order chi connectivity index (χ0) is 14.8. The number of nitrogens with one attached hydrogen (secondary N) is 1. The fraction of sp³-hybridized carbons (Fsp3) is 0.700. The second kappa shape index (κ2) is 6.52. The Bertz CT molecular complexity index is 467. The molecule has 0 heterocycles. The summed E-state index contributed by atoms with van der Waals surface area (Å²) in [5.74, 6) is 2.93. The molecule has 2 saturated carbocycles. The number of fused-ring (bicyclic) bond motifs is 1. The maximum atomic E-state index is 3.81. The van der Waals surface area contributed by atoms with Gasteiger partial charge in [0.1, 0.15) is 0 Å². The van der Waals surface area contributed by atoms with Gasteiger partial charge in [0.05, 0.1) is 0 Å². The molecule has 1 heteroatoms. The molecule has 1 aromatic rings. The predicted molar refractivity (Wildman–Crippen MR) is 90.6 cm³/mol. The minimum atomic E-state index is 0.597. The Balaban J connectivity index is 1.84. The fourth-order valence-corrected chi connectivity index (χ4v) is 4.75. The largest absolute Gasteiger partial charge is 0.310 e. The monoisotopic (exact) mass is 285 g/mol. The number of rotatable bonds is 6. The molecule has 2 fully saturated rings. The van der Waals surface area contributed by atoms with E-state index in [0.717, 1.165) is 37.1 Å². The van der Waals surface area contributed by atoms with Crippen molar-refractivity contribution in [3.8, 4) is 0 Å². The molecule has 0 bridgehead atoms. The van der Waals surface area contributed by atoms with Gasteiger partial charge in [-0.1, -0.05) is 51.8 Å². The Morgan fingerprint density at radius 3 is 2.24 bits per heavy atom. The molecule has 0 aliphatic heterocycles. The van der Waals surface area contributed by atoms with Crippen LogP contribution in [0.3, 0.4) is 0 Å². The summed E-state index contributed by atoms with van der Waals surface area (Å²) in [5.41, 5.74) is 4.64. The zero-order valence-corrected chi connectivity index (χ0v) is 14.0. The molecule has 0 radical (unpaired) electrons.